The van der Waals surface area contributed by atoms with Crippen molar-refractivity contribution < 1.29 is 19.4 Å². The number of aliphatic imine (C=N–C) groups is 1. The Morgan fingerprint density at radius 2 is 2.21 bits per heavy atom. The molecule has 0 saturated heterocycles. The minimum Gasteiger partial charge on any atom is -0.456 e. The second-order valence-electron chi connectivity index (χ2n) is 7.67. The average Bonchev–Trinajstić information content (AvgIpc) is 3.30. The molecule has 3 heterocycles. The van der Waals surface area contributed by atoms with E-state index in [1.807, 2.05) is 26.2 Å². The minimum absolute atomic E-state index is 0.0267. The molecule has 10 heteroatoms. The Morgan fingerprint density at radius 1 is 1.45 bits per heavy atom. The number of aliphatic hydroxyl groups is 1. The van der Waals surface area contributed by atoms with Crippen LogP contribution in [0.4, 0.5) is 0 Å². The summed E-state index contributed by atoms with van der Waals surface area (Å²) in [7, 11) is 0. The van der Waals surface area contributed by atoms with Gasteiger partial charge in [-0.2, -0.15) is 0 Å². The molecule has 0 aromatic carbocycles. The van der Waals surface area contributed by atoms with Gasteiger partial charge in [0.05, 0.1) is 13.0 Å². The van der Waals surface area contributed by atoms with E-state index in [-0.39, 0.29) is 24.8 Å². The molecule has 2 aliphatic heterocycles. The highest BCUT2D eigenvalue weighted by Crippen LogP contribution is 2.33. The molecule has 1 amide bonds. The van der Waals surface area contributed by atoms with Crippen LogP contribution in [0.1, 0.15) is 37.9 Å². The maximum Gasteiger partial charge on any atom is 0.324 e. The number of ether oxygens (including phenoxy) is 1. The molecule has 2 aliphatic rings. The number of fused-ring (bicyclic) bond motifs is 4. The fraction of sp³-hybridized carbons (Fsp3) is 0.579. The van der Waals surface area contributed by atoms with Crippen LogP contribution in [0.3, 0.4) is 0 Å². The van der Waals surface area contributed by atoms with Gasteiger partial charge in [-0.3, -0.25) is 19.9 Å². The molecule has 1 aromatic rings. The molecule has 0 aliphatic carbocycles. The van der Waals surface area contributed by atoms with Crippen LogP contribution in [0.15, 0.2) is 23.0 Å². The zero-order valence-electron chi connectivity index (χ0n) is 16.7. The van der Waals surface area contributed by atoms with Gasteiger partial charge in [0.2, 0.25) is 5.91 Å². The van der Waals surface area contributed by atoms with Crippen LogP contribution in [0.2, 0.25) is 0 Å². The van der Waals surface area contributed by atoms with E-state index in [0.717, 1.165) is 15.7 Å². The first-order valence-corrected chi connectivity index (χ1v) is 11.3. The van der Waals surface area contributed by atoms with Crippen molar-refractivity contribution in [2.24, 2.45) is 10.9 Å². The zero-order chi connectivity index (χ0) is 21.2. The molecule has 3 N–H and O–H groups in total. The van der Waals surface area contributed by atoms with Crippen LogP contribution < -0.4 is 10.6 Å². The lowest BCUT2D eigenvalue weighted by Gasteiger charge is -2.32. The predicted molar refractivity (Wildman–Crippen MR) is 114 cm³/mol. The van der Waals surface area contributed by atoms with Gasteiger partial charge in [0.25, 0.3) is 0 Å². The summed E-state index contributed by atoms with van der Waals surface area (Å²) in [5.74, 6) is -0.391. The molecule has 0 spiro atoms. The first kappa shape index (κ1) is 21.9. The number of aromatic nitrogens is 1. The number of carbonyl (C=O) groups excluding carboxylic acids is 2. The fourth-order valence-electron chi connectivity index (χ4n) is 2.98. The van der Waals surface area contributed by atoms with Gasteiger partial charge in [0.1, 0.15) is 39.7 Å². The number of thioether (sulfide) groups is 1. The number of nitrogens with one attached hydrogen (secondary N) is 2. The Bertz CT molecular complexity index is 825. The van der Waals surface area contributed by atoms with Crippen LogP contribution in [0, 0.1) is 5.92 Å². The number of carbonyl (C=O) groups is 2. The number of cyclic esters (lactones) is 1. The SMILES string of the molecule is C=C[C@@H]1CC(=O)NCc2nc(cs2)C2=N[C@@](C)(CS2)C(O)N[C@@H](C(C)C)C(=O)O1. The van der Waals surface area contributed by atoms with Crippen molar-refractivity contribution in [3.05, 3.63) is 28.7 Å². The maximum atomic E-state index is 12.7. The zero-order valence-corrected chi connectivity index (χ0v) is 18.3. The van der Waals surface area contributed by atoms with Crippen molar-refractivity contribution in [2.75, 3.05) is 5.75 Å². The summed E-state index contributed by atoms with van der Waals surface area (Å²) < 4.78 is 5.49. The van der Waals surface area contributed by atoms with Crippen molar-refractivity contribution in [1.82, 2.24) is 15.6 Å². The summed E-state index contributed by atoms with van der Waals surface area (Å²) in [6.07, 6.45) is -0.406. The smallest absolute Gasteiger partial charge is 0.324 e. The predicted octanol–water partition coefficient (Wildman–Crippen LogP) is 1.45. The van der Waals surface area contributed by atoms with E-state index in [1.54, 1.807) is 0 Å². The van der Waals surface area contributed by atoms with E-state index in [1.165, 1.54) is 29.2 Å². The number of nitrogens with zero attached hydrogens (tertiary/aromatic N) is 2. The molecule has 0 fully saturated rings. The molecule has 4 bridgehead atoms. The molecular weight excluding hydrogens is 412 g/mol. The van der Waals surface area contributed by atoms with Crippen molar-refractivity contribution in [3.63, 3.8) is 0 Å². The maximum absolute atomic E-state index is 12.7. The topological polar surface area (TPSA) is 113 Å². The molecule has 8 nitrogen and oxygen atoms in total. The second-order valence-corrected chi connectivity index (χ2v) is 9.58. The molecular formula is C19H26N4O4S2. The number of rotatable bonds is 2. The fourth-order valence-corrected chi connectivity index (χ4v) is 4.95. The van der Waals surface area contributed by atoms with Gasteiger partial charge in [-0.1, -0.05) is 26.5 Å². The van der Waals surface area contributed by atoms with E-state index in [2.05, 4.69) is 22.2 Å². The summed E-state index contributed by atoms with van der Waals surface area (Å²) in [4.78, 5) is 34.2. The summed E-state index contributed by atoms with van der Waals surface area (Å²) in [6, 6.07) is -0.754. The third-order valence-electron chi connectivity index (χ3n) is 4.83. The first-order chi connectivity index (χ1) is 13.7. The largest absolute Gasteiger partial charge is 0.456 e. The lowest BCUT2D eigenvalue weighted by molar-refractivity contribution is -0.153. The van der Waals surface area contributed by atoms with Gasteiger partial charge in [-0.05, 0) is 12.8 Å². The Balaban J connectivity index is 1.93. The van der Waals surface area contributed by atoms with E-state index in [9.17, 15) is 14.7 Å². The Kier molecular flexibility index (Phi) is 6.77. The van der Waals surface area contributed by atoms with Crippen LogP contribution in [-0.2, 0) is 20.9 Å². The van der Waals surface area contributed by atoms with Crippen LogP contribution >= 0.6 is 23.1 Å². The van der Waals surface area contributed by atoms with Crippen molar-refractivity contribution in [1.29, 1.82) is 0 Å². The molecule has 0 radical (unpaired) electrons. The highest BCUT2D eigenvalue weighted by atomic mass is 32.2. The summed E-state index contributed by atoms with van der Waals surface area (Å²) in [6.45, 7) is 9.51. The number of amides is 1. The molecule has 29 heavy (non-hydrogen) atoms. The third-order valence-corrected chi connectivity index (χ3v) is 6.98. The van der Waals surface area contributed by atoms with Crippen LogP contribution in [-0.4, -0.2) is 56.7 Å². The highest BCUT2D eigenvalue weighted by molar-refractivity contribution is 8.14. The van der Waals surface area contributed by atoms with Gasteiger partial charge in [-0.25, -0.2) is 4.98 Å². The van der Waals surface area contributed by atoms with Gasteiger partial charge < -0.3 is 15.2 Å². The van der Waals surface area contributed by atoms with E-state index >= 15 is 0 Å². The molecule has 1 unspecified atom stereocenters. The monoisotopic (exact) mass is 438 g/mol. The van der Waals surface area contributed by atoms with Gasteiger partial charge >= 0.3 is 5.97 Å². The van der Waals surface area contributed by atoms with E-state index in [0.29, 0.717) is 5.75 Å². The Labute approximate surface area is 178 Å². The number of esters is 1. The van der Waals surface area contributed by atoms with Crippen LogP contribution in [0.5, 0.6) is 0 Å². The quantitative estimate of drug-likeness (QED) is 0.473. The molecule has 3 rings (SSSR count). The Hall–Kier alpha value is -1.75. The summed E-state index contributed by atoms with van der Waals surface area (Å²) in [5.41, 5.74) is -0.0728. The normalized spacial score (nSPS) is 31.2. The van der Waals surface area contributed by atoms with Crippen LogP contribution in [0.25, 0.3) is 0 Å². The van der Waals surface area contributed by atoms with E-state index in [4.69, 9.17) is 9.73 Å². The lowest BCUT2D eigenvalue weighted by Crippen LogP contribution is -2.56. The molecule has 0 saturated carbocycles. The van der Waals surface area contributed by atoms with Crippen molar-refractivity contribution in [3.8, 4) is 0 Å². The number of aliphatic hydroxyl groups excluding tert-OH is 1. The number of hydrogen-bond donors (Lipinski definition) is 3. The van der Waals surface area contributed by atoms with Gasteiger partial charge in [-0.15, -0.1) is 23.1 Å². The molecule has 158 valence electrons. The van der Waals surface area contributed by atoms with Gasteiger partial charge in [0, 0.05) is 11.1 Å². The molecule has 1 aromatic heterocycles. The highest BCUT2D eigenvalue weighted by Gasteiger charge is 2.41. The average molecular weight is 439 g/mol. The van der Waals surface area contributed by atoms with E-state index < -0.39 is 29.9 Å². The minimum atomic E-state index is -1.05. The first-order valence-electron chi connectivity index (χ1n) is 9.43. The number of thiazole rings is 1. The van der Waals surface area contributed by atoms with Crippen molar-refractivity contribution in [2.45, 2.75) is 57.6 Å². The van der Waals surface area contributed by atoms with Crippen molar-refractivity contribution >= 4 is 40.0 Å². The summed E-state index contributed by atoms with van der Waals surface area (Å²) in [5, 5.41) is 20.0. The van der Waals surface area contributed by atoms with Gasteiger partial charge in [0.15, 0.2) is 0 Å². The second kappa shape index (κ2) is 8.95. The summed E-state index contributed by atoms with van der Waals surface area (Å²) >= 11 is 2.95. The Morgan fingerprint density at radius 3 is 2.90 bits per heavy atom. The standard InChI is InChI=1S/C19H26N4O4S2/c1-5-11-6-13(24)20-7-14-21-12(8-28-14)16-23-19(4,9-29-16)18(26)22-15(10(2)3)17(25)27-11/h5,8,10-11,15,18,22,26H,1,6-7,9H2,2-4H3,(H,20,24)/t11-,15+,18?,19+/m1/s1. The number of hydrogen-bond acceptors (Lipinski definition) is 9. The third kappa shape index (κ3) is 5.06. The lowest BCUT2D eigenvalue weighted by atomic mass is 9.99. The molecule has 4 atom stereocenters.